The van der Waals surface area contributed by atoms with Crippen molar-refractivity contribution in [2.75, 3.05) is 13.1 Å². The monoisotopic (exact) mass is 424 g/mol. The van der Waals surface area contributed by atoms with E-state index in [2.05, 4.69) is 20.6 Å². The normalized spacial score (nSPS) is 17.8. The molecule has 0 saturated carbocycles. The molecule has 1 fully saturated rings. The summed E-state index contributed by atoms with van der Waals surface area (Å²) in [6.07, 6.45) is 3.08. The Bertz CT molecular complexity index is 797. The van der Waals surface area contributed by atoms with Crippen LogP contribution in [0.3, 0.4) is 0 Å². The van der Waals surface area contributed by atoms with Crippen molar-refractivity contribution in [3.8, 4) is 0 Å². The summed E-state index contributed by atoms with van der Waals surface area (Å²) in [5.74, 6) is -4.68. The van der Waals surface area contributed by atoms with Gasteiger partial charge in [0, 0.05) is 24.9 Å². The average molecular weight is 424 g/mol. The fourth-order valence-electron chi connectivity index (χ4n) is 3.16. The number of carbonyl (C=O) groups is 5. The van der Waals surface area contributed by atoms with Crippen LogP contribution in [0.2, 0.25) is 0 Å². The molecule has 0 aromatic carbocycles. The summed E-state index contributed by atoms with van der Waals surface area (Å²) in [6, 6.07) is -3.41. The number of hydrogen-bond donors (Lipinski definition) is 6. The summed E-state index contributed by atoms with van der Waals surface area (Å²) in [6.45, 7) is -0.425. The fourth-order valence-corrected chi connectivity index (χ4v) is 3.16. The van der Waals surface area contributed by atoms with Gasteiger partial charge in [0.2, 0.25) is 17.7 Å². The Kier molecular flexibility index (Phi) is 7.86. The van der Waals surface area contributed by atoms with Gasteiger partial charge in [-0.3, -0.25) is 24.0 Å². The van der Waals surface area contributed by atoms with E-state index in [9.17, 15) is 24.0 Å². The second-order valence-corrected chi connectivity index (χ2v) is 6.85. The number of H-pyrrole nitrogens is 1. The standard InChI is InChI=1S/C17H24N6O7/c18-10(4-9-6-19-8-21-9)15(28)22-11(5-13(24)25)17(30)23-3-1-2-12(23)16(29)20-7-14(26)27/h6,8,10-12H,1-5,7,18H2,(H,19,21)(H,20,29)(H,22,28)(H,24,25)(H,26,27). The first kappa shape index (κ1) is 22.8. The molecule has 3 unspecified atom stereocenters. The van der Waals surface area contributed by atoms with Crippen LogP contribution in [0.4, 0.5) is 0 Å². The largest absolute Gasteiger partial charge is 0.481 e. The molecule has 3 atom stereocenters. The molecule has 2 heterocycles. The Hall–Kier alpha value is -3.48. The van der Waals surface area contributed by atoms with Gasteiger partial charge in [-0.25, -0.2) is 4.98 Å². The van der Waals surface area contributed by atoms with Crippen LogP contribution >= 0.6 is 0 Å². The number of imidazole rings is 1. The number of nitrogens with one attached hydrogen (secondary N) is 3. The first-order valence-corrected chi connectivity index (χ1v) is 9.24. The van der Waals surface area contributed by atoms with Crippen LogP contribution in [0, 0.1) is 0 Å². The second kappa shape index (κ2) is 10.3. The predicted molar refractivity (Wildman–Crippen MR) is 99.8 cm³/mol. The maximum Gasteiger partial charge on any atom is 0.322 e. The number of carboxylic acids is 2. The van der Waals surface area contributed by atoms with Gasteiger partial charge in [-0.2, -0.15) is 0 Å². The van der Waals surface area contributed by atoms with Crippen molar-refractivity contribution in [2.45, 2.75) is 43.8 Å². The highest BCUT2D eigenvalue weighted by molar-refractivity contribution is 5.95. The molecular weight excluding hydrogens is 400 g/mol. The summed E-state index contributed by atoms with van der Waals surface area (Å²) in [4.78, 5) is 67.1. The van der Waals surface area contributed by atoms with Crippen molar-refractivity contribution in [1.82, 2.24) is 25.5 Å². The molecular formula is C17H24N6O7. The molecule has 1 aromatic heterocycles. The van der Waals surface area contributed by atoms with E-state index in [1.54, 1.807) is 0 Å². The number of rotatable bonds is 10. The summed E-state index contributed by atoms with van der Waals surface area (Å²) in [7, 11) is 0. The zero-order valence-electron chi connectivity index (χ0n) is 16.0. The number of aromatic amines is 1. The Morgan fingerprint density at radius 1 is 1.27 bits per heavy atom. The van der Waals surface area contributed by atoms with Gasteiger partial charge < -0.3 is 36.5 Å². The molecule has 0 aliphatic carbocycles. The quantitative estimate of drug-likeness (QED) is 0.233. The third kappa shape index (κ3) is 6.27. The van der Waals surface area contributed by atoms with Crippen LogP contribution in [-0.2, 0) is 30.4 Å². The predicted octanol–water partition coefficient (Wildman–Crippen LogP) is -2.57. The summed E-state index contributed by atoms with van der Waals surface area (Å²) >= 11 is 0. The van der Waals surface area contributed by atoms with E-state index in [1.165, 1.54) is 12.5 Å². The zero-order valence-corrected chi connectivity index (χ0v) is 16.0. The van der Waals surface area contributed by atoms with Gasteiger partial charge in [-0.1, -0.05) is 0 Å². The molecule has 3 amide bonds. The maximum atomic E-state index is 12.9. The van der Waals surface area contributed by atoms with Crippen molar-refractivity contribution in [3.05, 3.63) is 18.2 Å². The molecule has 164 valence electrons. The third-order valence-corrected chi connectivity index (χ3v) is 4.58. The van der Waals surface area contributed by atoms with Crippen molar-refractivity contribution in [3.63, 3.8) is 0 Å². The minimum absolute atomic E-state index is 0.101. The van der Waals surface area contributed by atoms with Gasteiger partial charge in [0.05, 0.1) is 18.8 Å². The highest BCUT2D eigenvalue weighted by Gasteiger charge is 2.38. The van der Waals surface area contributed by atoms with E-state index in [-0.39, 0.29) is 13.0 Å². The highest BCUT2D eigenvalue weighted by Crippen LogP contribution is 2.19. The third-order valence-electron chi connectivity index (χ3n) is 4.58. The molecule has 1 aliphatic rings. The number of nitrogens with zero attached hydrogens (tertiary/aromatic N) is 2. The molecule has 0 spiro atoms. The molecule has 13 nitrogen and oxygen atoms in total. The lowest BCUT2D eigenvalue weighted by molar-refractivity contribution is -0.146. The summed E-state index contributed by atoms with van der Waals surface area (Å²) in [5, 5.41) is 22.4. The molecule has 1 saturated heterocycles. The SMILES string of the molecule is NC(Cc1cnc[nH]1)C(=O)NC(CC(=O)O)C(=O)N1CCCC1C(=O)NCC(=O)O. The number of nitrogens with two attached hydrogens (primary N) is 1. The van der Waals surface area contributed by atoms with Crippen molar-refractivity contribution >= 4 is 29.7 Å². The molecule has 0 bridgehead atoms. The van der Waals surface area contributed by atoms with E-state index in [0.29, 0.717) is 18.5 Å². The van der Waals surface area contributed by atoms with Crippen molar-refractivity contribution < 1.29 is 34.2 Å². The van der Waals surface area contributed by atoms with Crippen molar-refractivity contribution in [1.29, 1.82) is 0 Å². The Balaban J connectivity index is 2.06. The molecule has 30 heavy (non-hydrogen) atoms. The van der Waals surface area contributed by atoms with Crippen LogP contribution in [0.15, 0.2) is 12.5 Å². The van der Waals surface area contributed by atoms with Crippen LogP contribution < -0.4 is 16.4 Å². The van der Waals surface area contributed by atoms with Gasteiger partial charge in [-0.15, -0.1) is 0 Å². The Morgan fingerprint density at radius 3 is 2.60 bits per heavy atom. The van der Waals surface area contributed by atoms with Gasteiger partial charge in [-0.05, 0) is 12.8 Å². The van der Waals surface area contributed by atoms with E-state index in [4.69, 9.17) is 15.9 Å². The number of carboxylic acid groups (broad SMARTS) is 2. The van der Waals surface area contributed by atoms with Crippen LogP contribution in [0.5, 0.6) is 0 Å². The highest BCUT2D eigenvalue weighted by atomic mass is 16.4. The lowest BCUT2D eigenvalue weighted by Crippen LogP contribution is -2.56. The van der Waals surface area contributed by atoms with Gasteiger partial charge in [0.15, 0.2) is 0 Å². The average Bonchev–Trinajstić information content (AvgIpc) is 3.36. The summed E-state index contributed by atoms with van der Waals surface area (Å²) < 4.78 is 0. The Labute approximate surface area is 171 Å². The number of aliphatic carboxylic acids is 2. The van der Waals surface area contributed by atoms with Crippen LogP contribution in [0.25, 0.3) is 0 Å². The number of carbonyl (C=O) groups excluding carboxylic acids is 3. The molecule has 13 heteroatoms. The zero-order chi connectivity index (χ0) is 22.3. The van der Waals surface area contributed by atoms with Gasteiger partial charge >= 0.3 is 11.9 Å². The van der Waals surface area contributed by atoms with E-state index < -0.39 is 60.8 Å². The van der Waals surface area contributed by atoms with E-state index in [1.807, 2.05) is 0 Å². The van der Waals surface area contributed by atoms with Gasteiger partial charge in [0.1, 0.15) is 18.6 Å². The maximum absolute atomic E-state index is 12.9. The van der Waals surface area contributed by atoms with Crippen LogP contribution in [0.1, 0.15) is 25.0 Å². The number of amides is 3. The lowest BCUT2D eigenvalue weighted by Gasteiger charge is -2.28. The minimum atomic E-state index is -1.42. The first-order chi connectivity index (χ1) is 14.2. The summed E-state index contributed by atoms with van der Waals surface area (Å²) in [5.41, 5.74) is 6.42. The number of hydrogen-bond acceptors (Lipinski definition) is 7. The number of likely N-dealkylation sites (tertiary alicyclic amines) is 1. The number of aromatic nitrogens is 2. The van der Waals surface area contributed by atoms with E-state index >= 15 is 0 Å². The van der Waals surface area contributed by atoms with Crippen molar-refractivity contribution in [2.24, 2.45) is 5.73 Å². The molecule has 2 rings (SSSR count). The Morgan fingerprint density at radius 2 is 2.00 bits per heavy atom. The topological polar surface area (TPSA) is 208 Å². The fraction of sp³-hybridized carbons (Fsp3) is 0.529. The lowest BCUT2D eigenvalue weighted by atomic mass is 10.1. The molecule has 1 aliphatic heterocycles. The van der Waals surface area contributed by atoms with E-state index in [0.717, 1.165) is 4.90 Å². The molecule has 0 radical (unpaired) electrons. The molecule has 7 N–H and O–H groups in total. The smallest absolute Gasteiger partial charge is 0.322 e. The minimum Gasteiger partial charge on any atom is -0.481 e. The second-order valence-electron chi connectivity index (χ2n) is 6.85. The first-order valence-electron chi connectivity index (χ1n) is 9.24. The molecule has 1 aromatic rings. The van der Waals surface area contributed by atoms with Gasteiger partial charge in [0.25, 0.3) is 0 Å². The van der Waals surface area contributed by atoms with Crippen LogP contribution in [-0.4, -0.2) is 86.0 Å².